The van der Waals surface area contributed by atoms with Gasteiger partial charge in [-0.15, -0.1) is 0 Å². The third-order valence-electron chi connectivity index (χ3n) is 7.04. The second kappa shape index (κ2) is 7.22. The van der Waals surface area contributed by atoms with E-state index in [-0.39, 0.29) is 35.2 Å². The number of nitrogens with zero attached hydrogens (tertiary/aromatic N) is 2. The van der Waals surface area contributed by atoms with Crippen molar-refractivity contribution in [2.75, 3.05) is 4.90 Å². The highest BCUT2D eigenvalue weighted by Crippen LogP contribution is 2.49. The zero-order chi connectivity index (χ0) is 21.9. The number of pyridine rings is 1. The van der Waals surface area contributed by atoms with Gasteiger partial charge in [-0.2, -0.15) is 0 Å². The summed E-state index contributed by atoms with van der Waals surface area (Å²) in [5.74, 6) is 0.937. The molecule has 5 atom stereocenters. The number of Topliss-reactive ketones (excluding diaryl/α,β-unsaturated/α-hetero) is 1. The molecular formula is C25H26N2O4. The molecule has 0 spiro atoms. The van der Waals surface area contributed by atoms with Crippen molar-refractivity contribution in [2.45, 2.75) is 45.8 Å². The minimum atomic E-state index is -0.674. The summed E-state index contributed by atoms with van der Waals surface area (Å²) in [5, 5.41) is 10.1. The van der Waals surface area contributed by atoms with E-state index < -0.39 is 6.04 Å². The fourth-order valence-corrected chi connectivity index (χ4v) is 5.16. The molecule has 1 saturated carbocycles. The molecular weight excluding hydrogens is 392 g/mol. The average Bonchev–Trinajstić information content (AvgIpc) is 3.02. The molecule has 1 amide bonds. The molecule has 3 aliphatic rings. The van der Waals surface area contributed by atoms with Gasteiger partial charge in [0.05, 0.1) is 17.5 Å². The van der Waals surface area contributed by atoms with E-state index >= 15 is 0 Å². The molecule has 1 aromatic carbocycles. The number of rotatable bonds is 2. The molecule has 2 aliphatic heterocycles. The summed E-state index contributed by atoms with van der Waals surface area (Å²) in [6, 6.07) is 9.73. The average molecular weight is 418 g/mol. The number of aryl methyl sites for hydroxylation is 1. The third-order valence-corrected chi connectivity index (χ3v) is 7.04. The molecule has 0 saturated heterocycles. The number of fused-ring (bicyclic) bond motifs is 1. The van der Waals surface area contributed by atoms with E-state index in [1.54, 1.807) is 24.4 Å². The molecule has 2 aromatic rings. The van der Waals surface area contributed by atoms with Crippen LogP contribution in [0.15, 0.2) is 53.9 Å². The summed E-state index contributed by atoms with van der Waals surface area (Å²) < 4.78 is 6.26. The first-order chi connectivity index (χ1) is 14.8. The molecule has 1 N–H and O–H groups in total. The number of carbonyl (C=O) groups excluding carboxylic acids is 2. The van der Waals surface area contributed by atoms with Crippen molar-refractivity contribution in [1.82, 2.24) is 4.98 Å². The number of phenolic OH excluding ortho intramolecular Hbond substituents is 1. The van der Waals surface area contributed by atoms with Gasteiger partial charge in [0.25, 0.3) is 5.91 Å². The summed E-state index contributed by atoms with van der Waals surface area (Å²) in [7, 11) is 0. The van der Waals surface area contributed by atoms with Crippen molar-refractivity contribution in [3.05, 3.63) is 65.1 Å². The number of hydrogen-bond donors (Lipinski definition) is 1. The summed E-state index contributed by atoms with van der Waals surface area (Å²) >= 11 is 0. The first kappa shape index (κ1) is 19.8. The Morgan fingerprint density at radius 2 is 1.87 bits per heavy atom. The lowest BCUT2D eigenvalue weighted by Gasteiger charge is -2.40. The zero-order valence-corrected chi connectivity index (χ0v) is 17.9. The molecule has 6 heteroatoms. The highest BCUT2D eigenvalue weighted by molar-refractivity contribution is 6.17. The van der Waals surface area contributed by atoms with Gasteiger partial charge in [0, 0.05) is 6.20 Å². The molecule has 6 nitrogen and oxygen atoms in total. The molecule has 31 heavy (non-hydrogen) atoms. The van der Waals surface area contributed by atoms with Crippen LogP contribution >= 0.6 is 0 Å². The van der Waals surface area contributed by atoms with Gasteiger partial charge in [0.1, 0.15) is 17.7 Å². The molecule has 5 unspecified atom stereocenters. The Morgan fingerprint density at radius 3 is 2.61 bits per heavy atom. The van der Waals surface area contributed by atoms with E-state index in [2.05, 4.69) is 18.8 Å². The minimum absolute atomic E-state index is 0.0122. The van der Waals surface area contributed by atoms with Crippen molar-refractivity contribution in [3.63, 3.8) is 0 Å². The maximum absolute atomic E-state index is 13.8. The van der Waals surface area contributed by atoms with Gasteiger partial charge in [-0.1, -0.05) is 26.0 Å². The predicted octanol–water partition coefficient (Wildman–Crippen LogP) is 4.09. The van der Waals surface area contributed by atoms with Gasteiger partial charge in [-0.05, 0) is 67.0 Å². The van der Waals surface area contributed by atoms with E-state index in [9.17, 15) is 14.7 Å². The Hall–Kier alpha value is -3.15. The van der Waals surface area contributed by atoms with Crippen LogP contribution in [0.25, 0.3) is 0 Å². The van der Waals surface area contributed by atoms with Crippen LogP contribution in [0.4, 0.5) is 5.82 Å². The van der Waals surface area contributed by atoms with Crippen LogP contribution in [0.5, 0.6) is 5.75 Å². The Labute approximate surface area is 181 Å². The highest BCUT2D eigenvalue weighted by Gasteiger charge is 2.54. The fourth-order valence-electron chi connectivity index (χ4n) is 5.16. The number of ether oxygens (including phenoxy) is 1. The molecule has 1 fully saturated rings. The van der Waals surface area contributed by atoms with Crippen LogP contribution in [0.2, 0.25) is 0 Å². The van der Waals surface area contributed by atoms with Gasteiger partial charge < -0.3 is 9.84 Å². The Morgan fingerprint density at radius 1 is 1.10 bits per heavy atom. The number of aromatic nitrogens is 1. The number of carbonyl (C=O) groups is 2. The monoisotopic (exact) mass is 418 g/mol. The van der Waals surface area contributed by atoms with Gasteiger partial charge in [0.15, 0.2) is 11.5 Å². The fraction of sp³-hybridized carbons (Fsp3) is 0.400. The van der Waals surface area contributed by atoms with Crippen molar-refractivity contribution in [1.29, 1.82) is 0 Å². The van der Waals surface area contributed by atoms with Crippen LogP contribution < -0.4 is 4.90 Å². The summed E-state index contributed by atoms with van der Waals surface area (Å²) in [6.07, 6.45) is 2.91. The van der Waals surface area contributed by atoms with Crippen LogP contribution in [-0.2, 0) is 14.3 Å². The first-order valence-corrected chi connectivity index (χ1v) is 10.9. The lowest BCUT2D eigenvalue weighted by atomic mass is 9.70. The number of amides is 1. The maximum Gasteiger partial charge on any atom is 0.295 e. The SMILES string of the molecule is Cc1ccnc(N2C(=O)C3=C(C(=O)C4CC(C)C(C)CC4O3)C2c2cccc(O)c2)c1. The summed E-state index contributed by atoms with van der Waals surface area (Å²) in [6.45, 7) is 6.28. The van der Waals surface area contributed by atoms with E-state index in [1.165, 1.54) is 4.90 Å². The summed E-state index contributed by atoms with van der Waals surface area (Å²) in [4.78, 5) is 33.3. The minimum Gasteiger partial charge on any atom is -0.508 e. The van der Waals surface area contributed by atoms with Crippen molar-refractivity contribution in [3.8, 4) is 5.75 Å². The van der Waals surface area contributed by atoms with Crippen molar-refractivity contribution < 1.29 is 19.4 Å². The molecule has 160 valence electrons. The molecule has 0 bridgehead atoms. The lowest BCUT2D eigenvalue weighted by molar-refractivity contribution is -0.134. The van der Waals surface area contributed by atoms with Crippen LogP contribution in [0.3, 0.4) is 0 Å². The Kier molecular flexibility index (Phi) is 4.61. The number of anilines is 1. The Bertz CT molecular complexity index is 1110. The van der Waals surface area contributed by atoms with Crippen molar-refractivity contribution >= 4 is 17.5 Å². The van der Waals surface area contributed by atoms with Gasteiger partial charge in [0.2, 0.25) is 0 Å². The maximum atomic E-state index is 13.8. The van der Waals surface area contributed by atoms with E-state index in [0.717, 1.165) is 18.4 Å². The lowest BCUT2D eigenvalue weighted by Crippen LogP contribution is -2.43. The van der Waals surface area contributed by atoms with E-state index in [4.69, 9.17) is 4.74 Å². The number of benzene rings is 1. The zero-order valence-electron chi connectivity index (χ0n) is 17.9. The predicted molar refractivity (Wildman–Crippen MR) is 115 cm³/mol. The van der Waals surface area contributed by atoms with Crippen LogP contribution in [0, 0.1) is 24.7 Å². The number of phenols is 1. The Balaban J connectivity index is 1.65. The van der Waals surface area contributed by atoms with Gasteiger partial charge >= 0.3 is 0 Å². The number of hydrogen-bond acceptors (Lipinski definition) is 5. The molecule has 0 radical (unpaired) electrons. The second-order valence-electron chi connectivity index (χ2n) is 9.16. The number of aromatic hydroxyl groups is 1. The van der Waals surface area contributed by atoms with Crippen LogP contribution in [-0.4, -0.2) is 27.9 Å². The number of ketones is 1. The third kappa shape index (κ3) is 3.12. The smallest absolute Gasteiger partial charge is 0.295 e. The largest absolute Gasteiger partial charge is 0.508 e. The summed E-state index contributed by atoms with van der Waals surface area (Å²) in [5.41, 5.74) is 2.01. The van der Waals surface area contributed by atoms with Crippen molar-refractivity contribution in [2.24, 2.45) is 17.8 Å². The second-order valence-corrected chi connectivity index (χ2v) is 9.16. The van der Waals surface area contributed by atoms with Crippen LogP contribution in [0.1, 0.15) is 43.9 Å². The van der Waals surface area contributed by atoms with Gasteiger partial charge in [-0.25, -0.2) is 4.98 Å². The topological polar surface area (TPSA) is 79.7 Å². The molecule has 1 aliphatic carbocycles. The molecule has 5 rings (SSSR count). The van der Waals surface area contributed by atoms with Gasteiger partial charge in [-0.3, -0.25) is 14.5 Å². The standard InChI is InChI=1S/C25H26N2O4/c1-13-7-8-26-20(9-13)27-22(16-5-4-6-17(28)12-16)21-23(29)18-10-14(2)15(3)11-19(18)31-24(21)25(27)30/h4-9,12,14-15,18-19,22,28H,10-11H2,1-3H3. The normalized spacial score (nSPS) is 30.2. The van der Waals surface area contributed by atoms with E-state index in [1.807, 2.05) is 25.1 Å². The molecule has 1 aromatic heterocycles. The quantitative estimate of drug-likeness (QED) is 0.795. The van der Waals surface area contributed by atoms with E-state index in [0.29, 0.717) is 28.8 Å². The first-order valence-electron chi connectivity index (χ1n) is 10.9. The molecule has 3 heterocycles. The highest BCUT2D eigenvalue weighted by atomic mass is 16.5.